The van der Waals surface area contributed by atoms with Gasteiger partial charge in [-0.25, -0.2) is 0 Å². The molecule has 4 heteroatoms. The van der Waals surface area contributed by atoms with Crippen LogP contribution in [0.3, 0.4) is 0 Å². The predicted molar refractivity (Wildman–Crippen MR) is 77.0 cm³/mol. The van der Waals surface area contributed by atoms with Gasteiger partial charge < -0.3 is 10.6 Å². The van der Waals surface area contributed by atoms with Crippen LogP contribution in [0.1, 0.15) is 37.0 Å². The molecule has 1 aliphatic rings. The highest BCUT2D eigenvalue weighted by molar-refractivity contribution is 5.99. The molecule has 2 N–H and O–H groups in total. The second-order valence-electron chi connectivity index (χ2n) is 5.54. The third-order valence-corrected chi connectivity index (χ3v) is 3.60. The first kappa shape index (κ1) is 14.8. The SMILES string of the molecule is CC1(C)CCN(C(=O)c2ccccc2N)CC1.Cl. The summed E-state index contributed by atoms with van der Waals surface area (Å²) in [6, 6.07) is 7.29. The van der Waals surface area contributed by atoms with Crippen LogP contribution < -0.4 is 5.73 Å². The number of amides is 1. The number of hydrogen-bond acceptors (Lipinski definition) is 2. The molecule has 1 saturated heterocycles. The minimum absolute atomic E-state index is 0. The van der Waals surface area contributed by atoms with Crippen LogP contribution in [0, 0.1) is 5.41 Å². The van der Waals surface area contributed by atoms with E-state index in [-0.39, 0.29) is 18.3 Å². The molecule has 0 saturated carbocycles. The molecule has 0 atom stereocenters. The molecule has 18 heavy (non-hydrogen) atoms. The first-order chi connectivity index (χ1) is 7.99. The number of carbonyl (C=O) groups excluding carboxylic acids is 1. The lowest BCUT2D eigenvalue weighted by atomic mass is 9.82. The number of halogens is 1. The minimum atomic E-state index is 0. The minimum Gasteiger partial charge on any atom is -0.398 e. The average molecular weight is 269 g/mol. The van der Waals surface area contributed by atoms with E-state index in [9.17, 15) is 4.79 Å². The number of nitrogen functional groups attached to an aromatic ring is 1. The number of likely N-dealkylation sites (tertiary alicyclic amines) is 1. The van der Waals surface area contributed by atoms with E-state index in [0.717, 1.165) is 25.9 Å². The Morgan fingerprint density at radius 1 is 1.22 bits per heavy atom. The molecular weight excluding hydrogens is 248 g/mol. The van der Waals surface area contributed by atoms with Crippen molar-refractivity contribution in [2.24, 2.45) is 5.41 Å². The van der Waals surface area contributed by atoms with Gasteiger partial charge in [0.15, 0.2) is 0 Å². The molecule has 0 spiro atoms. The normalized spacial score (nSPS) is 18.0. The number of benzene rings is 1. The van der Waals surface area contributed by atoms with Gasteiger partial charge in [0.1, 0.15) is 0 Å². The van der Waals surface area contributed by atoms with Gasteiger partial charge in [0, 0.05) is 18.8 Å². The average Bonchev–Trinajstić information content (AvgIpc) is 2.29. The van der Waals surface area contributed by atoms with E-state index < -0.39 is 0 Å². The maximum absolute atomic E-state index is 12.3. The summed E-state index contributed by atoms with van der Waals surface area (Å²) < 4.78 is 0. The van der Waals surface area contributed by atoms with Gasteiger partial charge in [-0.1, -0.05) is 26.0 Å². The molecule has 100 valence electrons. The van der Waals surface area contributed by atoms with Gasteiger partial charge in [0.05, 0.1) is 5.56 Å². The Bertz CT molecular complexity index is 422. The van der Waals surface area contributed by atoms with Crippen molar-refractivity contribution >= 4 is 24.0 Å². The zero-order chi connectivity index (χ0) is 12.5. The van der Waals surface area contributed by atoms with E-state index in [1.807, 2.05) is 17.0 Å². The molecule has 0 aromatic heterocycles. The number of nitrogens with zero attached hydrogens (tertiary/aromatic N) is 1. The fraction of sp³-hybridized carbons (Fsp3) is 0.500. The summed E-state index contributed by atoms with van der Waals surface area (Å²) in [6.07, 6.45) is 2.12. The maximum Gasteiger partial charge on any atom is 0.255 e. The number of nitrogens with two attached hydrogens (primary N) is 1. The van der Waals surface area contributed by atoms with Gasteiger partial charge in [-0.3, -0.25) is 4.79 Å². The van der Waals surface area contributed by atoms with E-state index in [0.29, 0.717) is 16.7 Å². The molecule has 1 amide bonds. The van der Waals surface area contributed by atoms with Crippen LogP contribution in [-0.2, 0) is 0 Å². The number of carbonyl (C=O) groups is 1. The molecule has 1 heterocycles. The van der Waals surface area contributed by atoms with Crippen LogP contribution in [-0.4, -0.2) is 23.9 Å². The third-order valence-electron chi connectivity index (χ3n) is 3.60. The number of anilines is 1. The fourth-order valence-electron chi connectivity index (χ4n) is 2.18. The molecule has 1 fully saturated rings. The molecule has 0 bridgehead atoms. The van der Waals surface area contributed by atoms with Gasteiger partial charge in [0.2, 0.25) is 0 Å². The largest absolute Gasteiger partial charge is 0.398 e. The molecule has 1 aromatic carbocycles. The monoisotopic (exact) mass is 268 g/mol. The zero-order valence-corrected chi connectivity index (χ0v) is 11.8. The molecule has 0 aliphatic carbocycles. The van der Waals surface area contributed by atoms with E-state index >= 15 is 0 Å². The Hall–Kier alpha value is -1.22. The van der Waals surface area contributed by atoms with Crippen LogP contribution in [0.4, 0.5) is 5.69 Å². The standard InChI is InChI=1S/C14H20N2O.ClH/c1-14(2)7-9-16(10-8-14)13(17)11-5-3-4-6-12(11)15;/h3-6H,7-10,15H2,1-2H3;1H. The van der Waals surface area contributed by atoms with E-state index in [1.54, 1.807) is 12.1 Å². The van der Waals surface area contributed by atoms with E-state index in [1.165, 1.54) is 0 Å². The molecule has 1 aromatic rings. The van der Waals surface area contributed by atoms with Crippen LogP contribution >= 0.6 is 12.4 Å². The maximum atomic E-state index is 12.3. The van der Waals surface area contributed by atoms with Gasteiger partial charge in [0.25, 0.3) is 5.91 Å². The lowest BCUT2D eigenvalue weighted by molar-refractivity contribution is 0.0631. The summed E-state index contributed by atoms with van der Waals surface area (Å²) in [6.45, 7) is 6.18. The van der Waals surface area contributed by atoms with Crippen molar-refractivity contribution in [1.82, 2.24) is 4.90 Å². The van der Waals surface area contributed by atoms with Crippen molar-refractivity contribution in [2.45, 2.75) is 26.7 Å². The Balaban J connectivity index is 0.00000162. The van der Waals surface area contributed by atoms with Crippen LogP contribution in [0.2, 0.25) is 0 Å². The third kappa shape index (κ3) is 3.16. The summed E-state index contributed by atoms with van der Waals surface area (Å²) in [5, 5.41) is 0. The summed E-state index contributed by atoms with van der Waals surface area (Å²) >= 11 is 0. The van der Waals surface area contributed by atoms with Gasteiger partial charge in [-0.2, -0.15) is 0 Å². The van der Waals surface area contributed by atoms with Gasteiger partial charge in [-0.15, -0.1) is 12.4 Å². The van der Waals surface area contributed by atoms with Crippen LogP contribution in [0.15, 0.2) is 24.3 Å². The highest BCUT2D eigenvalue weighted by Gasteiger charge is 2.28. The Morgan fingerprint density at radius 2 is 1.78 bits per heavy atom. The number of piperidine rings is 1. The van der Waals surface area contributed by atoms with E-state index in [2.05, 4.69) is 13.8 Å². The van der Waals surface area contributed by atoms with Crippen molar-refractivity contribution < 1.29 is 4.79 Å². The topological polar surface area (TPSA) is 46.3 Å². The van der Waals surface area contributed by atoms with Crippen LogP contribution in [0.5, 0.6) is 0 Å². The smallest absolute Gasteiger partial charge is 0.255 e. The fourth-order valence-corrected chi connectivity index (χ4v) is 2.18. The molecule has 2 rings (SSSR count). The molecule has 0 unspecified atom stereocenters. The lowest BCUT2D eigenvalue weighted by Crippen LogP contribution is -2.41. The van der Waals surface area contributed by atoms with Crippen molar-refractivity contribution in [2.75, 3.05) is 18.8 Å². The van der Waals surface area contributed by atoms with Crippen molar-refractivity contribution in [1.29, 1.82) is 0 Å². The molecule has 3 nitrogen and oxygen atoms in total. The second kappa shape index (κ2) is 5.61. The molecule has 0 radical (unpaired) electrons. The van der Waals surface area contributed by atoms with E-state index in [4.69, 9.17) is 5.73 Å². The summed E-state index contributed by atoms with van der Waals surface area (Å²) in [5.41, 5.74) is 7.40. The predicted octanol–water partition coefficient (Wildman–Crippen LogP) is 2.95. The zero-order valence-electron chi connectivity index (χ0n) is 11.0. The Kier molecular flexibility index (Phi) is 4.63. The van der Waals surface area contributed by atoms with Crippen molar-refractivity contribution in [3.63, 3.8) is 0 Å². The quantitative estimate of drug-likeness (QED) is 0.796. The Morgan fingerprint density at radius 3 is 2.33 bits per heavy atom. The van der Waals surface area contributed by atoms with Gasteiger partial charge >= 0.3 is 0 Å². The first-order valence-corrected chi connectivity index (χ1v) is 6.13. The van der Waals surface area contributed by atoms with Crippen molar-refractivity contribution in [3.05, 3.63) is 29.8 Å². The number of rotatable bonds is 1. The Labute approximate surface area is 115 Å². The summed E-state index contributed by atoms with van der Waals surface area (Å²) in [5.74, 6) is 0.0681. The second-order valence-corrected chi connectivity index (χ2v) is 5.54. The highest BCUT2D eigenvalue weighted by atomic mass is 35.5. The molecular formula is C14H21ClN2O. The first-order valence-electron chi connectivity index (χ1n) is 6.13. The highest BCUT2D eigenvalue weighted by Crippen LogP contribution is 2.30. The van der Waals surface area contributed by atoms with Gasteiger partial charge in [-0.05, 0) is 30.4 Å². The summed E-state index contributed by atoms with van der Waals surface area (Å²) in [4.78, 5) is 14.2. The van der Waals surface area contributed by atoms with Crippen LogP contribution in [0.25, 0.3) is 0 Å². The number of para-hydroxylation sites is 1. The number of hydrogen-bond donors (Lipinski definition) is 1. The lowest BCUT2D eigenvalue weighted by Gasteiger charge is -2.37. The molecule has 1 aliphatic heterocycles. The van der Waals surface area contributed by atoms with Crippen molar-refractivity contribution in [3.8, 4) is 0 Å². The summed E-state index contributed by atoms with van der Waals surface area (Å²) in [7, 11) is 0.